The first-order chi connectivity index (χ1) is 13.6. The van der Waals surface area contributed by atoms with Crippen molar-refractivity contribution in [1.82, 2.24) is 15.1 Å². The predicted molar refractivity (Wildman–Crippen MR) is 106 cm³/mol. The Balaban J connectivity index is 1.44. The molecule has 2 aromatic heterocycles. The van der Waals surface area contributed by atoms with Gasteiger partial charge in [0.25, 0.3) is 5.91 Å². The molecule has 2 amide bonds. The lowest BCUT2D eigenvalue weighted by Crippen LogP contribution is -2.31. The zero-order chi connectivity index (χ0) is 19.5. The van der Waals surface area contributed by atoms with Crippen molar-refractivity contribution in [3.05, 3.63) is 62.5 Å². The minimum absolute atomic E-state index is 0.0671. The van der Waals surface area contributed by atoms with Gasteiger partial charge in [0.05, 0.1) is 12.5 Å². The highest BCUT2D eigenvalue weighted by Gasteiger charge is 2.33. The van der Waals surface area contributed by atoms with Gasteiger partial charge in [-0.05, 0) is 48.6 Å². The molecule has 1 fully saturated rings. The lowest BCUT2D eigenvalue weighted by Gasteiger charge is -2.22. The van der Waals surface area contributed by atoms with Gasteiger partial charge in [0.2, 0.25) is 10.9 Å². The Morgan fingerprint density at radius 2 is 2.04 bits per heavy atom. The van der Waals surface area contributed by atoms with Gasteiger partial charge in [-0.3, -0.25) is 9.59 Å². The normalized spacial score (nSPS) is 16.3. The van der Waals surface area contributed by atoms with E-state index < -0.39 is 5.91 Å². The van der Waals surface area contributed by atoms with Gasteiger partial charge < -0.3 is 10.2 Å². The molecular formula is C19H17FN4O2S2. The molecule has 1 aliphatic rings. The second-order valence-electron chi connectivity index (χ2n) is 6.41. The summed E-state index contributed by atoms with van der Waals surface area (Å²) in [6, 6.07) is 9.27. The first-order valence-electron chi connectivity index (χ1n) is 8.82. The maximum absolute atomic E-state index is 13.0. The zero-order valence-electron chi connectivity index (χ0n) is 14.8. The van der Waals surface area contributed by atoms with Crippen LogP contribution in [0.25, 0.3) is 0 Å². The highest BCUT2D eigenvalue weighted by atomic mass is 32.1. The Labute approximate surface area is 169 Å². The second kappa shape index (κ2) is 8.15. The number of hydrogen-bond acceptors (Lipinski definition) is 6. The molecule has 1 N–H and O–H groups in total. The van der Waals surface area contributed by atoms with Crippen molar-refractivity contribution in [1.29, 1.82) is 0 Å². The highest BCUT2D eigenvalue weighted by Crippen LogP contribution is 2.34. The number of carbonyl (C=O) groups excluding carboxylic acids is 2. The van der Waals surface area contributed by atoms with Crippen molar-refractivity contribution in [2.45, 2.75) is 25.3 Å². The molecule has 144 valence electrons. The fourth-order valence-corrected chi connectivity index (χ4v) is 4.75. The molecule has 4 rings (SSSR count). The maximum Gasteiger partial charge on any atom is 0.286 e. The smallest absolute Gasteiger partial charge is 0.286 e. The van der Waals surface area contributed by atoms with E-state index in [1.165, 1.54) is 35.6 Å². The molecule has 0 bridgehead atoms. The minimum Gasteiger partial charge on any atom is -0.333 e. The second-order valence-corrected chi connectivity index (χ2v) is 8.45. The van der Waals surface area contributed by atoms with E-state index in [1.807, 2.05) is 22.4 Å². The molecule has 9 heteroatoms. The van der Waals surface area contributed by atoms with Crippen LogP contribution in [0.5, 0.6) is 0 Å². The number of aromatic nitrogens is 2. The largest absolute Gasteiger partial charge is 0.333 e. The SMILES string of the molecule is O=C(Nc1ccc(F)cc1)c1nnc(C2CCCN2C(=O)Cc2cccs2)s1. The van der Waals surface area contributed by atoms with Crippen LogP contribution in [-0.4, -0.2) is 33.5 Å². The summed E-state index contributed by atoms with van der Waals surface area (Å²) in [6.07, 6.45) is 2.09. The summed E-state index contributed by atoms with van der Waals surface area (Å²) in [6.45, 7) is 0.686. The zero-order valence-corrected chi connectivity index (χ0v) is 16.4. The number of anilines is 1. The predicted octanol–water partition coefficient (Wildman–Crippen LogP) is 3.90. The fraction of sp³-hybridized carbons (Fsp3) is 0.263. The molecular weight excluding hydrogens is 399 g/mol. The minimum atomic E-state index is -0.398. The third kappa shape index (κ3) is 4.10. The number of nitrogens with zero attached hydrogens (tertiary/aromatic N) is 3. The summed E-state index contributed by atoms with van der Waals surface area (Å²) in [5.74, 6) is -0.702. The number of amides is 2. The Morgan fingerprint density at radius 1 is 1.21 bits per heavy atom. The van der Waals surface area contributed by atoms with Crippen molar-refractivity contribution in [3.8, 4) is 0 Å². The summed E-state index contributed by atoms with van der Waals surface area (Å²) in [4.78, 5) is 27.9. The molecule has 3 aromatic rings. The molecule has 1 atom stereocenters. The summed E-state index contributed by atoms with van der Waals surface area (Å²) >= 11 is 2.76. The average Bonchev–Trinajstić information content (AvgIpc) is 3.44. The lowest BCUT2D eigenvalue weighted by atomic mass is 10.2. The molecule has 6 nitrogen and oxygen atoms in total. The molecule has 28 heavy (non-hydrogen) atoms. The summed E-state index contributed by atoms with van der Waals surface area (Å²) in [5, 5.41) is 13.7. The number of carbonyl (C=O) groups is 2. The third-order valence-electron chi connectivity index (χ3n) is 4.50. The molecule has 1 aromatic carbocycles. The van der Waals surface area contributed by atoms with Gasteiger partial charge in [-0.2, -0.15) is 0 Å². The number of halogens is 1. The van der Waals surface area contributed by atoms with Gasteiger partial charge >= 0.3 is 0 Å². The van der Waals surface area contributed by atoms with Crippen LogP contribution in [0, 0.1) is 5.82 Å². The van der Waals surface area contributed by atoms with E-state index >= 15 is 0 Å². The van der Waals surface area contributed by atoms with Crippen molar-refractivity contribution in [3.63, 3.8) is 0 Å². The standard InChI is InChI=1S/C19H17FN4O2S2/c20-12-5-7-13(8-6-12)21-17(26)19-23-22-18(28-19)15-4-1-9-24(15)16(25)11-14-3-2-10-27-14/h2-3,5-8,10,15H,1,4,9,11H2,(H,21,26). The van der Waals surface area contributed by atoms with Gasteiger partial charge in [0, 0.05) is 17.1 Å². The van der Waals surface area contributed by atoms with Crippen molar-refractivity contribution in [2.75, 3.05) is 11.9 Å². The maximum atomic E-state index is 13.0. The van der Waals surface area contributed by atoms with E-state index in [0.717, 1.165) is 17.7 Å². The van der Waals surface area contributed by atoms with Crippen LogP contribution in [0.2, 0.25) is 0 Å². The van der Waals surface area contributed by atoms with E-state index in [4.69, 9.17) is 0 Å². The Morgan fingerprint density at radius 3 is 2.79 bits per heavy atom. The van der Waals surface area contributed by atoms with E-state index in [9.17, 15) is 14.0 Å². The number of nitrogens with one attached hydrogen (secondary N) is 1. The molecule has 0 saturated carbocycles. The van der Waals surface area contributed by atoms with Crippen molar-refractivity contribution >= 4 is 40.2 Å². The van der Waals surface area contributed by atoms with Crippen LogP contribution in [0.4, 0.5) is 10.1 Å². The molecule has 1 saturated heterocycles. The molecule has 0 aliphatic carbocycles. The van der Waals surface area contributed by atoms with E-state index in [2.05, 4.69) is 15.5 Å². The summed E-state index contributed by atoms with van der Waals surface area (Å²) in [5.41, 5.74) is 0.483. The Hall–Kier alpha value is -2.65. The van der Waals surface area contributed by atoms with E-state index in [0.29, 0.717) is 23.7 Å². The van der Waals surface area contributed by atoms with Crippen LogP contribution in [0.1, 0.15) is 38.6 Å². The number of likely N-dealkylation sites (tertiary alicyclic amines) is 1. The van der Waals surface area contributed by atoms with E-state index in [1.54, 1.807) is 11.3 Å². The summed E-state index contributed by atoms with van der Waals surface area (Å²) in [7, 11) is 0. The topological polar surface area (TPSA) is 75.2 Å². The highest BCUT2D eigenvalue weighted by molar-refractivity contribution is 7.13. The quantitative estimate of drug-likeness (QED) is 0.685. The molecule has 0 spiro atoms. The molecule has 1 unspecified atom stereocenters. The summed E-state index contributed by atoms with van der Waals surface area (Å²) < 4.78 is 13.0. The van der Waals surface area contributed by atoms with Crippen LogP contribution in [0.15, 0.2) is 41.8 Å². The monoisotopic (exact) mass is 416 g/mol. The van der Waals surface area contributed by atoms with Crippen molar-refractivity contribution in [2.24, 2.45) is 0 Å². The van der Waals surface area contributed by atoms with Crippen LogP contribution in [-0.2, 0) is 11.2 Å². The number of thiophene rings is 1. The Bertz CT molecular complexity index is 972. The molecule has 0 radical (unpaired) electrons. The number of rotatable bonds is 5. The number of benzene rings is 1. The Kier molecular flexibility index (Phi) is 5.45. The van der Waals surface area contributed by atoms with Crippen LogP contribution in [0.3, 0.4) is 0 Å². The van der Waals surface area contributed by atoms with Crippen LogP contribution < -0.4 is 5.32 Å². The average molecular weight is 417 g/mol. The van der Waals surface area contributed by atoms with Gasteiger partial charge in [0.1, 0.15) is 10.8 Å². The lowest BCUT2D eigenvalue weighted by molar-refractivity contribution is -0.131. The van der Waals surface area contributed by atoms with Crippen LogP contribution >= 0.6 is 22.7 Å². The molecule has 3 heterocycles. The van der Waals surface area contributed by atoms with Gasteiger partial charge in [-0.25, -0.2) is 4.39 Å². The first kappa shape index (κ1) is 18.7. The number of hydrogen-bond donors (Lipinski definition) is 1. The van der Waals surface area contributed by atoms with E-state index in [-0.39, 0.29) is 22.8 Å². The van der Waals surface area contributed by atoms with Crippen molar-refractivity contribution < 1.29 is 14.0 Å². The van der Waals surface area contributed by atoms with Gasteiger partial charge in [-0.1, -0.05) is 17.4 Å². The third-order valence-corrected chi connectivity index (χ3v) is 6.40. The van der Waals surface area contributed by atoms with Gasteiger partial charge in [0.15, 0.2) is 0 Å². The molecule has 1 aliphatic heterocycles. The van der Waals surface area contributed by atoms with Gasteiger partial charge in [-0.15, -0.1) is 21.5 Å². The fourth-order valence-electron chi connectivity index (χ4n) is 3.16. The first-order valence-corrected chi connectivity index (χ1v) is 10.5.